The molecule has 7 heteroatoms. The standard InChI is InChI=1S/C11H20F3N3O/c1-16(2)10(5-4-6-10)8-17(3)9(18)15-7-11(12,13)14/h4-8H2,1-3H3,(H,15,18). The Labute approximate surface area is 105 Å². The van der Waals surface area contributed by atoms with Crippen molar-refractivity contribution in [2.24, 2.45) is 0 Å². The van der Waals surface area contributed by atoms with Crippen LogP contribution in [0.25, 0.3) is 0 Å². The van der Waals surface area contributed by atoms with E-state index >= 15 is 0 Å². The summed E-state index contributed by atoms with van der Waals surface area (Å²) in [5.41, 5.74) is -0.0790. The molecular formula is C11H20F3N3O. The maximum atomic E-state index is 12.0. The largest absolute Gasteiger partial charge is 0.405 e. The molecule has 106 valence electrons. The number of urea groups is 1. The number of nitrogens with one attached hydrogen (secondary N) is 1. The highest BCUT2D eigenvalue weighted by Gasteiger charge is 2.41. The van der Waals surface area contributed by atoms with Gasteiger partial charge in [-0.1, -0.05) is 0 Å². The average molecular weight is 267 g/mol. The third kappa shape index (κ3) is 3.76. The molecule has 1 aliphatic rings. The van der Waals surface area contributed by atoms with Crippen LogP contribution in [0.4, 0.5) is 18.0 Å². The molecule has 1 N–H and O–H groups in total. The van der Waals surface area contributed by atoms with Gasteiger partial charge >= 0.3 is 12.2 Å². The van der Waals surface area contributed by atoms with E-state index in [0.717, 1.165) is 19.3 Å². The van der Waals surface area contributed by atoms with Crippen molar-refractivity contribution in [1.82, 2.24) is 15.1 Å². The predicted molar refractivity (Wildman–Crippen MR) is 62.4 cm³/mol. The fourth-order valence-electron chi connectivity index (χ4n) is 2.16. The van der Waals surface area contributed by atoms with Crippen molar-refractivity contribution >= 4 is 6.03 Å². The summed E-state index contributed by atoms with van der Waals surface area (Å²) in [7, 11) is 5.39. The van der Waals surface area contributed by atoms with Crippen molar-refractivity contribution in [3.05, 3.63) is 0 Å². The van der Waals surface area contributed by atoms with E-state index in [1.807, 2.05) is 24.3 Å². The molecule has 1 aliphatic carbocycles. The molecule has 0 radical (unpaired) electrons. The van der Waals surface area contributed by atoms with Crippen molar-refractivity contribution in [3.63, 3.8) is 0 Å². The minimum Gasteiger partial charge on any atom is -0.329 e. The Balaban J connectivity index is 2.44. The first kappa shape index (κ1) is 15.1. The molecule has 0 spiro atoms. The number of amides is 2. The lowest BCUT2D eigenvalue weighted by atomic mass is 9.75. The van der Waals surface area contributed by atoms with Crippen LogP contribution < -0.4 is 5.32 Å². The van der Waals surface area contributed by atoms with Crippen molar-refractivity contribution in [2.75, 3.05) is 34.2 Å². The van der Waals surface area contributed by atoms with Gasteiger partial charge < -0.3 is 15.1 Å². The van der Waals surface area contributed by atoms with Crippen LogP contribution in [-0.2, 0) is 0 Å². The number of rotatable bonds is 4. The Hall–Kier alpha value is -0.980. The molecule has 0 unspecified atom stereocenters. The number of hydrogen-bond acceptors (Lipinski definition) is 2. The highest BCUT2D eigenvalue weighted by atomic mass is 19.4. The van der Waals surface area contributed by atoms with Crippen LogP contribution in [-0.4, -0.2) is 61.8 Å². The van der Waals surface area contributed by atoms with E-state index in [1.165, 1.54) is 11.9 Å². The molecule has 0 aliphatic heterocycles. The molecule has 0 aromatic heterocycles. The van der Waals surface area contributed by atoms with Crippen LogP contribution in [0.5, 0.6) is 0 Å². The van der Waals surface area contributed by atoms with Crippen LogP contribution in [0.2, 0.25) is 0 Å². The number of hydrogen-bond donors (Lipinski definition) is 1. The fraction of sp³-hybridized carbons (Fsp3) is 0.909. The predicted octanol–water partition coefficient (Wildman–Crippen LogP) is 1.67. The van der Waals surface area contributed by atoms with Gasteiger partial charge in [0.2, 0.25) is 0 Å². The van der Waals surface area contributed by atoms with Crippen molar-refractivity contribution in [2.45, 2.75) is 31.0 Å². The first-order chi connectivity index (χ1) is 8.16. The molecule has 0 atom stereocenters. The smallest absolute Gasteiger partial charge is 0.329 e. The number of alkyl halides is 3. The number of likely N-dealkylation sites (N-methyl/N-ethyl adjacent to an activating group) is 2. The summed E-state index contributed by atoms with van der Waals surface area (Å²) in [4.78, 5) is 14.9. The SMILES string of the molecule is CN(CC1(N(C)C)CCC1)C(=O)NCC(F)(F)F. The van der Waals surface area contributed by atoms with E-state index in [1.54, 1.807) is 0 Å². The van der Waals surface area contributed by atoms with Crippen molar-refractivity contribution in [3.8, 4) is 0 Å². The zero-order valence-electron chi connectivity index (χ0n) is 11.0. The summed E-state index contributed by atoms with van der Waals surface area (Å²) in [6, 6.07) is -0.680. The Morgan fingerprint density at radius 1 is 1.28 bits per heavy atom. The third-order valence-electron chi connectivity index (χ3n) is 3.55. The van der Waals surface area contributed by atoms with Gasteiger partial charge in [-0.2, -0.15) is 13.2 Å². The van der Waals surface area contributed by atoms with Gasteiger partial charge in [0.25, 0.3) is 0 Å². The topological polar surface area (TPSA) is 35.6 Å². The molecule has 0 saturated heterocycles. The normalized spacial score (nSPS) is 18.4. The molecule has 1 fully saturated rings. The fourth-order valence-corrected chi connectivity index (χ4v) is 2.16. The van der Waals surface area contributed by atoms with Crippen LogP contribution in [0.15, 0.2) is 0 Å². The lowest BCUT2D eigenvalue weighted by molar-refractivity contribution is -0.123. The maximum absolute atomic E-state index is 12.0. The molecule has 0 heterocycles. The first-order valence-corrected chi connectivity index (χ1v) is 5.89. The lowest BCUT2D eigenvalue weighted by Gasteiger charge is -2.49. The molecule has 18 heavy (non-hydrogen) atoms. The molecule has 4 nitrogen and oxygen atoms in total. The number of nitrogens with zero attached hydrogens (tertiary/aromatic N) is 2. The summed E-state index contributed by atoms with van der Waals surface area (Å²) >= 11 is 0. The quantitative estimate of drug-likeness (QED) is 0.841. The van der Waals surface area contributed by atoms with E-state index < -0.39 is 18.8 Å². The van der Waals surface area contributed by atoms with Gasteiger partial charge in [0.15, 0.2) is 0 Å². The zero-order chi connectivity index (χ0) is 14.0. The molecule has 1 saturated carbocycles. The molecule has 2 amide bonds. The zero-order valence-corrected chi connectivity index (χ0v) is 11.0. The summed E-state index contributed by atoms with van der Waals surface area (Å²) in [6.07, 6.45) is -1.34. The summed E-state index contributed by atoms with van der Waals surface area (Å²) < 4.78 is 35.9. The van der Waals surface area contributed by atoms with Crippen LogP contribution >= 0.6 is 0 Å². The first-order valence-electron chi connectivity index (χ1n) is 5.89. The Morgan fingerprint density at radius 2 is 1.83 bits per heavy atom. The second-order valence-electron chi connectivity index (χ2n) is 5.10. The molecule has 1 rings (SSSR count). The summed E-state index contributed by atoms with van der Waals surface area (Å²) in [6.45, 7) is -0.838. The molecule has 0 aromatic rings. The number of halogens is 3. The average Bonchev–Trinajstić information content (AvgIpc) is 2.17. The Morgan fingerprint density at radius 3 is 2.17 bits per heavy atom. The second kappa shape index (κ2) is 5.34. The maximum Gasteiger partial charge on any atom is 0.405 e. The molecule has 0 aromatic carbocycles. The lowest BCUT2D eigenvalue weighted by Crippen LogP contribution is -2.58. The van der Waals surface area contributed by atoms with Gasteiger partial charge in [-0.3, -0.25) is 0 Å². The minimum atomic E-state index is -4.37. The van der Waals surface area contributed by atoms with E-state index in [-0.39, 0.29) is 5.54 Å². The third-order valence-corrected chi connectivity index (χ3v) is 3.55. The highest BCUT2D eigenvalue weighted by Crippen LogP contribution is 2.36. The van der Waals surface area contributed by atoms with E-state index in [4.69, 9.17) is 0 Å². The van der Waals surface area contributed by atoms with Crippen molar-refractivity contribution < 1.29 is 18.0 Å². The monoisotopic (exact) mass is 267 g/mol. The van der Waals surface area contributed by atoms with Gasteiger partial charge in [0, 0.05) is 19.1 Å². The number of carbonyl (C=O) groups excluding carboxylic acids is 1. The highest BCUT2D eigenvalue weighted by molar-refractivity contribution is 5.74. The van der Waals surface area contributed by atoms with Crippen LogP contribution in [0.1, 0.15) is 19.3 Å². The number of carbonyl (C=O) groups is 1. The van der Waals surface area contributed by atoms with Crippen LogP contribution in [0.3, 0.4) is 0 Å². The molecular weight excluding hydrogens is 247 g/mol. The van der Waals surface area contributed by atoms with Gasteiger partial charge in [-0.05, 0) is 33.4 Å². The second-order valence-corrected chi connectivity index (χ2v) is 5.10. The summed E-state index contributed by atoms with van der Waals surface area (Å²) in [5, 5.41) is 1.88. The van der Waals surface area contributed by atoms with Gasteiger partial charge in [-0.15, -0.1) is 0 Å². The summed E-state index contributed by atoms with van der Waals surface area (Å²) in [5.74, 6) is 0. The van der Waals surface area contributed by atoms with Crippen molar-refractivity contribution in [1.29, 1.82) is 0 Å². The molecule has 0 bridgehead atoms. The van der Waals surface area contributed by atoms with E-state index in [0.29, 0.717) is 6.54 Å². The minimum absolute atomic E-state index is 0.0790. The Bertz CT molecular complexity index is 300. The van der Waals surface area contributed by atoms with Gasteiger partial charge in [0.1, 0.15) is 6.54 Å². The van der Waals surface area contributed by atoms with Gasteiger partial charge in [-0.25, -0.2) is 4.79 Å². The Kier molecular flexibility index (Phi) is 4.47. The van der Waals surface area contributed by atoms with E-state index in [2.05, 4.69) is 0 Å². The van der Waals surface area contributed by atoms with Crippen LogP contribution in [0, 0.1) is 0 Å². The van der Waals surface area contributed by atoms with Gasteiger partial charge in [0.05, 0.1) is 0 Å². The van der Waals surface area contributed by atoms with E-state index in [9.17, 15) is 18.0 Å².